The number of nitrogens with one attached hydrogen (secondary N) is 1. The maximum Gasteiger partial charge on any atom is 0.422 e. The summed E-state index contributed by atoms with van der Waals surface area (Å²) in [5.74, 6) is -0.838. The van der Waals surface area contributed by atoms with Crippen LogP contribution in [-0.4, -0.2) is 38.4 Å². The van der Waals surface area contributed by atoms with Crippen molar-refractivity contribution in [3.63, 3.8) is 0 Å². The monoisotopic (exact) mass is 407 g/mol. The molecule has 0 saturated heterocycles. The lowest BCUT2D eigenvalue weighted by Crippen LogP contribution is -2.19. The van der Waals surface area contributed by atoms with Crippen LogP contribution < -0.4 is 10.1 Å². The number of benzene rings is 1. The average molecular weight is 407 g/mol. The lowest BCUT2D eigenvalue weighted by Gasteiger charge is -2.08. The summed E-state index contributed by atoms with van der Waals surface area (Å²) in [4.78, 5) is 26.3. The number of rotatable bonds is 6. The number of non-ortho nitro benzene ring substituents is 1. The molecule has 3 rings (SSSR count). The molecule has 0 unspecified atom stereocenters. The lowest BCUT2D eigenvalue weighted by molar-refractivity contribution is -0.384. The number of ether oxygens (including phenoxy) is 1. The van der Waals surface area contributed by atoms with Crippen LogP contribution in [0.25, 0.3) is 5.69 Å². The Morgan fingerprint density at radius 1 is 1.24 bits per heavy atom. The fraction of sp³-hybridized carbons (Fsp3) is 0.118. The van der Waals surface area contributed by atoms with E-state index in [1.165, 1.54) is 47.3 Å². The van der Waals surface area contributed by atoms with E-state index in [4.69, 9.17) is 0 Å². The largest absolute Gasteiger partial charge is 0.468 e. The molecule has 0 fully saturated rings. The van der Waals surface area contributed by atoms with Crippen LogP contribution in [-0.2, 0) is 0 Å². The molecule has 12 heteroatoms. The number of alkyl halides is 3. The van der Waals surface area contributed by atoms with E-state index in [9.17, 15) is 28.1 Å². The zero-order valence-corrected chi connectivity index (χ0v) is 14.5. The third-order valence-electron chi connectivity index (χ3n) is 3.50. The first-order chi connectivity index (χ1) is 13.7. The first-order valence-electron chi connectivity index (χ1n) is 7.99. The van der Waals surface area contributed by atoms with Gasteiger partial charge in [0, 0.05) is 24.4 Å². The third kappa shape index (κ3) is 5.28. The average Bonchev–Trinajstić information content (AvgIpc) is 3.17. The van der Waals surface area contributed by atoms with Crippen LogP contribution in [0, 0.1) is 10.1 Å². The molecular weight excluding hydrogens is 395 g/mol. The number of nitro benzene ring substituents is 1. The summed E-state index contributed by atoms with van der Waals surface area (Å²) in [6.07, 6.45) is -1.88. The summed E-state index contributed by atoms with van der Waals surface area (Å²) < 4.78 is 42.1. The molecule has 0 spiro atoms. The zero-order valence-electron chi connectivity index (χ0n) is 14.5. The fourth-order valence-electron chi connectivity index (χ4n) is 2.23. The normalized spacial score (nSPS) is 11.1. The molecule has 1 aromatic carbocycles. The highest BCUT2D eigenvalue weighted by Gasteiger charge is 2.28. The molecule has 0 aliphatic carbocycles. The number of nitrogens with zero attached hydrogens (tertiary/aromatic N) is 4. The van der Waals surface area contributed by atoms with Gasteiger partial charge >= 0.3 is 6.18 Å². The van der Waals surface area contributed by atoms with Crippen LogP contribution >= 0.6 is 0 Å². The fourth-order valence-corrected chi connectivity index (χ4v) is 2.23. The van der Waals surface area contributed by atoms with Gasteiger partial charge in [0.1, 0.15) is 0 Å². The Labute approximate surface area is 160 Å². The maximum absolute atomic E-state index is 12.3. The zero-order chi connectivity index (χ0) is 21.0. The number of halogens is 3. The summed E-state index contributed by atoms with van der Waals surface area (Å²) in [7, 11) is 0. The molecule has 0 radical (unpaired) electrons. The number of pyridine rings is 1. The van der Waals surface area contributed by atoms with Gasteiger partial charge in [-0.05, 0) is 18.2 Å². The number of hydrogen-bond acceptors (Lipinski definition) is 6. The van der Waals surface area contributed by atoms with Crippen molar-refractivity contribution in [1.82, 2.24) is 14.8 Å². The number of carbonyl (C=O) groups is 1. The van der Waals surface area contributed by atoms with Gasteiger partial charge in [0.2, 0.25) is 5.88 Å². The highest BCUT2D eigenvalue weighted by Crippen LogP contribution is 2.19. The highest BCUT2D eigenvalue weighted by molar-refractivity contribution is 6.02. The Morgan fingerprint density at radius 3 is 2.69 bits per heavy atom. The van der Waals surface area contributed by atoms with E-state index in [1.54, 1.807) is 6.07 Å². The Morgan fingerprint density at radius 2 is 2.03 bits per heavy atom. The smallest absolute Gasteiger partial charge is 0.422 e. The quantitative estimate of drug-likeness (QED) is 0.495. The Kier molecular flexibility index (Phi) is 5.43. The van der Waals surface area contributed by atoms with Crippen molar-refractivity contribution in [3.8, 4) is 11.6 Å². The van der Waals surface area contributed by atoms with Gasteiger partial charge in [-0.3, -0.25) is 14.9 Å². The molecule has 0 saturated carbocycles. The van der Waals surface area contributed by atoms with Crippen molar-refractivity contribution in [2.24, 2.45) is 0 Å². The summed E-state index contributed by atoms with van der Waals surface area (Å²) >= 11 is 0. The Hall–Kier alpha value is -3.96. The molecule has 0 atom stereocenters. The summed E-state index contributed by atoms with van der Waals surface area (Å²) in [5, 5.41) is 17.4. The molecule has 1 N–H and O–H groups in total. The molecular formula is C17H12F3N5O4. The number of nitro groups is 1. The standard InChI is InChI=1S/C17H12F3N5O4/c18-17(19,20)10-29-15-5-4-11(9-21-15)22-16(26)14-6-7-24(23-14)12-2-1-3-13(8-12)25(27)28/h1-9H,10H2,(H,22,26). The number of anilines is 1. The van der Waals surface area contributed by atoms with Gasteiger partial charge in [-0.2, -0.15) is 18.3 Å². The van der Waals surface area contributed by atoms with Crippen LogP contribution in [0.5, 0.6) is 5.88 Å². The molecule has 29 heavy (non-hydrogen) atoms. The summed E-state index contributed by atoms with van der Waals surface area (Å²) in [6.45, 7) is -1.47. The molecule has 1 amide bonds. The van der Waals surface area contributed by atoms with Crippen molar-refractivity contribution in [2.75, 3.05) is 11.9 Å². The number of amides is 1. The van der Waals surface area contributed by atoms with Gasteiger partial charge < -0.3 is 10.1 Å². The van der Waals surface area contributed by atoms with Crippen molar-refractivity contribution in [3.05, 3.63) is 70.7 Å². The van der Waals surface area contributed by atoms with Crippen molar-refractivity contribution < 1.29 is 27.6 Å². The van der Waals surface area contributed by atoms with Gasteiger partial charge in [0.25, 0.3) is 11.6 Å². The second-order valence-electron chi connectivity index (χ2n) is 5.67. The van der Waals surface area contributed by atoms with E-state index >= 15 is 0 Å². The third-order valence-corrected chi connectivity index (χ3v) is 3.50. The first kappa shape index (κ1) is 19.8. The SMILES string of the molecule is O=C(Nc1ccc(OCC(F)(F)F)nc1)c1ccn(-c2cccc([N+](=O)[O-])c2)n1. The highest BCUT2D eigenvalue weighted by atomic mass is 19.4. The lowest BCUT2D eigenvalue weighted by atomic mass is 10.3. The predicted molar refractivity (Wildman–Crippen MR) is 94.0 cm³/mol. The molecule has 3 aromatic rings. The van der Waals surface area contributed by atoms with Gasteiger partial charge in [-0.25, -0.2) is 9.67 Å². The second-order valence-corrected chi connectivity index (χ2v) is 5.67. The van der Waals surface area contributed by atoms with E-state index in [2.05, 4.69) is 20.1 Å². The van der Waals surface area contributed by atoms with Crippen molar-refractivity contribution in [1.29, 1.82) is 0 Å². The van der Waals surface area contributed by atoms with Gasteiger partial charge in [-0.15, -0.1) is 0 Å². The minimum Gasteiger partial charge on any atom is -0.468 e. The van der Waals surface area contributed by atoms with Crippen LogP contribution in [0.3, 0.4) is 0 Å². The Balaban J connectivity index is 1.66. The number of hydrogen-bond donors (Lipinski definition) is 1. The number of carbonyl (C=O) groups excluding carboxylic acids is 1. The molecule has 2 heterocycles. The van der Waals surface area contributed by atoms with Crippen LogP contribution in [0.4, 0.5) is 24.5 Å². The first-order valence-corrected chi connectivity index (χ1v) is 7.99. The topological polar surface area (TPSA) is 112 Å². The van der Waals surface area contributed by atoms with E-state index in [0.29, 0.717) is 5.69 Å². The van der Waals surface area contributed by atoms with Crippen molar-refractivity contribution in [2.45, 2.75) is 6.18 Å². The number of aromatic nitrogens is 3. The summed E-state index contributed by atoms with van der Waals surface area (Å²) in [6, 6.07) is 9.63. The van der Waals surface area contributed by atoms with E-state index in [1.807, 2.05) is 0 Å². The predicted octanol–water partition coefficient (Wildman–Crippen LogP) is 3.37. The molecule has 2 aromatic heterocycles. The Bertz CT molecular complexity index is 1030. The van der Waals surface area contributed by atoms with Gasteiger partial charge in [0.05, 0.1) is 22.5 Å². The molecule has 0 bridgehead atoms. The molecule has 150 valence electrons. The molecule has 0 aliphatic heterocycles. The minimum absolute atomic E-state index is 0.0221. The van der Waals surface area contributed by atoms with E-state index in [0.717, 1.165) is 6.20 Å². The van der Waals surface area contributed by atoms with Crippen LogP contribution in [0.1, 0.15) is 10.5 Å². The van der Waals surface area contributed by atoms with Crippen LogP contribution in [0.15, 0.2) is 54.9 Å². The van der Waals surface area contributed by atoms with Gasteiger partial charge in [0.15, 0.2) is 12.3 Å². The minimum atomic E-state index is -4.48. The van der Waals surface area contributed by atoms with E-state index < -0.39 is 23.6 Å². The molecule has 0 aliphatic rings. The second kappa shape index (κ2) is 7.96. The van der Waals surface area contributed by atoms with Crippen LogP contribution in [0.2, 0.25) is 0 Å². The van der Waals surface area contributed by atoms with Gasteiger partial charge in [-0.1, -0.05) is 6.07 Å². The van der Waals surface area contributed by atoms with Crippen molar-refractivity contribution >= 4 is 17.3 Å². The maximum atomic E-state index is 12.3. The van der Waals surface area contributed by atoms with E-state index in [-0.39, 0.29) is 22.9 Å². The summed E-state index contributed by atoms with van der Waals surface area (Å²) in [5.41, 5.74) is 0.516. The molecule has 9 nitrogen and oxygen atoms in total.